The molecule has 0 aliphatic carbocycles. The molecule has 1 heterocycles. The zero-order valence-electron chi connectivity index (χ0n) is 17.3. The number of Topliss-reactive ketones (excluding diaryl/α,β-unsaturated/α-hetero) is 1. The van der Waals surface area contributed by atoms with Gasteiger partial charge in [0.25, 0.3) is 0 Å². The lowest BCUT2D eigenvalue weighted by atomic mass is 9.97. The highest BCUT2D eigenvalue weighted by Crippen LogP contribution is 2.33. The number of carbonyl (C=O) groups is 2. The molecule has 0 saturated carbocycles. The van der Waals surface area contributed by atoms with Gasteiger partial charge in [0, 0.05) is 17.1 Å². The van der Waals surface area contributed by atoms with Crippen molar-refractivity contribution in [3.05, 3.63) is 70.7 Å². The number of benzene rings is 2. The maximum Gasteiger partial charge on any atom is 0.341 e. The Balaban J connectivity index is 2.13. The summed E-state index contributed by atoms with van der Waals surface area (Å²) in [5.74, 6) is -0.740. The van der Waals surface area contributed by atoms with Crippen molar-refractivity contribution >= 4 is 22.7 Å². The Morgan fingerprint density at radius 3 is 2.43 bits per heavy atom. The molecule has 0 radical (unpaired) electrons. The first-order valence-corrected chi connectivity index (χ1v) is 9.86. The van der Waals surface area contributed by atoms with Crippen molar-refractivity contribution in [2.45, 2.75) is 33.1 Å². The number of carbonyl (C=O) groups excluding carboxylic acids is 2. The van der Waals surface area contributed by atoms with Crippen LogP contribution in [0.3, 0.4) is 0 Å². The fraction of sp³-hybridized carbons (Fsp3) is 0.292. The molecule has 0 amide bonds. The molecule has 6 heteroatoms. The van der Waals surface area contributed by atoms with E-state index in [4.69, 9.17) is 9.47 Å². The summed E-state index contributed by atoms with van der Waals surface area (Å²) in [6.45, 7) is 3.91. The van der Waals surface area contributed by atoms with E-state index < -0.39 is 5.97 Å². The Morgan fingerprint density at radius 1 is 1.07 bits per heavy atom. The molecule has 0 saturated heterocycles. The summed E-state index contributed by atoms with van der Waals surface area (Å²) >= 11 is 0. The third kappa shape index (κ3) is 4.64. The number of esters is 1. The lowest BCUT2D eigenvalue weighted by Gasteiger charge is -2.15. The molecule has 0 N–H and O–H groups in total. The van der Waals surface area contributed by atoms with Gasteiger partial charge in [-0.2, -0.15) is 0 Å². The van der Waals surface area contributed by atoms with Gasteiger partial charge in [-0.25, -0.2) is 9.18 Å². The van der Waals surface area contributed by atoms with Gasteiger partial charge in [-0.1, -0.05) is 25.5 Å². The number of nitrogens with zero attached hydrogens (tertiary/aromatic N) is 1. The second kappa shape index (κ2) is 9.48. The number of ketones is 1. The summed E-state index contributed by atoms with van der Waals surface area (Å²) in [5.41, 5.74) is 2.79. The normalized spacial score (nSPS) is 10.8. The van der Waals surface area contributed by atoms with Crippen LogP contribution in [0.4, 0.5) is 4.39 Å². The van der Waals surface area contributed by atoms with Gasteiger partial charge in [-0.15, -0.1) is 0 Å². The molecule has 2 aromatic carbocycles. The Bertz CT molecular complexity index is 1080. The molecular weight excluding hydrogens is 385 g/mol. The third-order valence-corrected chi connectivity index (χ3v) is 4.83. The van der Waals surface area contributed by atoms with Gasteiger partial charge in [0.15, 0.2) is 11.5 Å². The Kier molecular flexibility index (Phi) is 6.77. The van der Waals surface area contributed by atoms with E-state index in [0.29, 0.717) is 35.2 Å². The molecule has 0 spiro atoms. The van der Waals surface area contributed by atoms with E-state index in [-0.39, 0.29) is 17.2 Å². The van der Waals surface area contributed by atoms with Gasteiger partial charge in [0.1, 0.15) is 16.9 Å². The Hall–Kier alpha value is -3.28. The molecule has 3 rings (SSSR count). The van der Waals surface area contributed by atoms with Gasteiger partial charge < -0.3 is 9.47 Å². The average Bonchev–Trinajstić information content (AvgIpc) is 2.74. The fourth-order valence-electron chi connectivity index (χ4n) is 3.26. The van der Waals surface area contributed by atoms with E-state index in [2.05, 4.69) is 4.98 Å². The number of unbranched alkanes of at least 4 members (excludes halogenated alkanes) is 1. The number of pyridine rings is 1. The monoisotopic (exact) mass is 409 g/mol. The lowest BCUT2D eigenvalue weighted by molar-refractivity contribution is 0.0596. The van der Waals surface area contributed by atoms with E-state index in [1.54, 1.807) is 18.3 Å². The van der Waals surface area contributed by atoms with Gasteiger partial charge >= 0.3 is 5.97 Å². The fourth-order valence-corrected chi connectivity index (χ4v) is 3.26. The highest BCUT2D eigenvalue weighted by molar-refractivity contribution is 6.11. The first-order chi connectivity index (χ1) is 14.4. The third-order valence-electron chi connectivity index (χ3n) is 4.83. The first-order valence-electron chi connectivity index (χ1n) is 9.86. The van der Waals surface area contributed by atoms with Crippen molar-refractivity contribution < 1.29 is 23.5 Å². The van der Waals surface area contributed by atoms with Crippen LogP contribution in [-0.4, -0.2) is 30.5 Å². The topological polar surface area (TPSA) is 65.5 Å². The van der Waals surface area contributed by atoms with Crippen LogP contribution in [0.15, 0.2) is 42.6 Å². The number of hydrogen-bond donors (Lipinski definition) is 0. The molecule has 0 atom stereocenters. The van der Waals surface area contributed by atoms with Crippen molar-refractivity contribution in [3.63, 3.8) is 0 Å². The predicted molar refractivity (Wildman–Crippen MR) is 113 cm³/mol. The van der Waals surface area contributed by atoms with Crippen LogP contribution in [0, 0.1) is 5.82 Å². The van der Waals surface area contributed by atoms with Gasteiger partial charge in [0.2, 0.25) is 0 Å². The number of hydrogen-bond acceptors (Lipinski definition) is 5. The average molecular weight is 409 g/mol. The van der Waals surface area contributed by atoms with Crippen LogP contribution in [0.2, 0.25) is 0 Å². The molecule has 1 aromatic heterocycles. The zero-order chi connectivity index (χ0) is 21.7. The van der Waals surface area contributed by atoms with E-state index >= 15 is 0 Å². The van der Waals surface area contributed by atoms with Crippen LogP contribution in [0.25, 0.3) is 10.9 Å². The van der Waals surface area contributed by atoms with Crippen molar-refractivity contribution in [2.24, 2.45) is 0 Å². The Labute approximate surface area is 174 Å². The molecular formula is C24H24FNO4. The highest BCUT2D eigenvalue weighted by Gasteiger charge is 2.22. The smallest absolute Gasteiger partial charge is 0.341 e. The number of aromatic nitrogens is 1. The van der Waals surface area contributed by atoms with E-state index in [9.17, 15) is 14.0 Å². The van der Waals surface area contributed by atoms with E-state index in [1.807, 2.05) is 13.0 Å². The first kappa shape index (κ1) is 21.4. The predicted octanol–water partition coefficient (Wildman–Crippen LogP) is 5.13. The lowest BCUT2D eigenvalue weighted by Crippen LogP contribution is -2.10. The molecule has 156 valence electrons. The van der Waals surface area contributed by atoms with Crippen molar-refractivity contribution in [1.82, 2.24) is 4.98 Å². The minimum absolute atomic E-state index is 0.185. The molecule has 3 aromatic rings. The van der Waals surface area contributed by atoms with Crippen molar-refractivity contribution in [2.75, 3.05) is 13.7 Å². The minimum atomic E-state index is -0.580. The zero-order valence-corrected chi connectivity index (χ0v) is 17.3. The van der Waals surface area contributed by atoms with Crippen LogP contribution in [0.5, 0.6) is 5.75 Å². The maximum atomic E-state index is 13.2. The molecule has 0 unspecified atom stereocenters. The molecule has 0 aliphatic rings. The quantitative estimate of drug-likeness (QED) is 0.293. The van der Waals surface area contributed by atoms with E-state index in [1.165, 1.54) is 32.2 Å². The molecule has 30 heavy (non-hydrogen) atoms. The summed E-state index contributed by atoms with van der Waals surface area (Å²) < 4.78 is 24.0. The summed E-state index contributed by atoms with van der Waals surface area (Å²) in [6.07, 6.45) is 3.97. The van der Waals surface area contributed by atoms with Crippen LogP contribution in [0.1, 0.15) is 58.5 Å². The second-order valence-electron chi connectivity index (χ2n) is 7.09. The number of fused-ring (bicyclic) bond motifs is 1. The van der Waals surface area contributed by atoms with Crippen LogP contribution < -0.4 is 4.74 Å². The van der Waals surface area contributed by atoms with E-state index in [0.717, 1.165) is 24.0 Å². The summed E-state index contributed by atoms with van der Waals surface area (Å²) in [6, 6.07) is 9.63. The largest absolute Gasteiger partial charge is 0.490 e. The number of methoxy groups -OCH3 is 1. The highest BCUT2D eigenvalue weighted by atomic mass is 19.1. The second-order valence-corrected chi connectivity index (χ2v) is 7.09. The number of ether oxygens (including phenoxy) is 2. The standard InChI is InChI=1S/C24H24FNO4/c1-4-5-10-30-23-21(24(28)29-3)13-19(15(2)27)20-12-17(14-26-22(20)23)11-16-6-8-18(25)9-7-16/h6-9,12-14H,4-5,10-11H2,1-3H3. The van der Waals surface area contributed by atoms with Gasteiger partial charge in [-0.05, 0) is 55.2 Å². The minimum Gasteiger partial charge on any atom is -0.490 e. The van der Waals surface area contributed by atoms with Crippen molar-refractivity contribution in [3.8, 4) is 5.75 Å². The molecule has 5 nitrogen and oxygen atoms in total. The molecule has 0 aliphatic heterocycles. The SMILES string of the molecule is CCCCOc1c(C(=O)OC)cc(C(C)=O)c2cc(Cc3ccc(F)cc3)cnc12. The van der Waals surface area contributed by atoms with Gasteiger partial charge in [-0.3, -0.25) is 9.78 Å². The summed E-state index contributed by atoms with van der Waals surface area (Å²) in [7, 11) is 1.29. The summed E-state index contributed by atoms with van der Waals surface area (Å²) in [4.78, 5) is 29.2. The number of rotatable bonds is 8. The molecule has 0 fully saturated rings. The molecule has 0 bridgehead atoms. The summed E-state index contributed by atoms with van der Waals surface area (Å²) in [5, 5.41) is 0.612. The number of halogens is 1. The van der Waals surface area contributed by atoms with Crippen LogP contribution >= 0.6 is 0 Å². The van der Waals surface area contributed by atoms with Crippen LogP contribution in [-0.2, 0) is 11.2 Å². The maximum absolute atomic E-state index is 13.2. The van der Waals surface area contributed by atoms with Crippen molar-refractivity contribution in [1.29, 1.82) is 0 Å². The Morgan fingerprint density at radius 2 is 1.80 bits per heavy atom. The van der Waals surface area contributed by atoms with Gasteiger partial charge in [0.05, 0.1) is 13.7 Å².